The molecule has 0 spiro atoms. The molecule has 0 bridgehead atoms. The average Bonchev–Trinajstić information content (AvgIpc) is 2.74. The van der Waals surface area contributed by atoms with Gasteiger partial charge in [0.1, 0.15) is 6.04 Å². The summed E-state index contributed by atoms with van der Waals surface area (Å²) in [6.07, 6.45) is 22.2. The Balaban J connectivity index is 0. The Hall–Kier alpha value is -2.09. The number of rotatable bonds is 20. The van der Waals surface area contributed by atoms with Crippen molar-refractivity contribution in [2.24, 2.45) is 11.5 Å². The summed E-state index contributed by atoms with van der Waals surface area (Å²) in [5.41, 5.74) is 10.2. The number of nitrogens with one attached hydrogen (secondary N) is 2. The van der Waals surface area contributed by atoms with Gasteiger partial charge in [0.25, 0.3) is 0 Å². The predicted molar refractivity (Wildman–Crippen MR) is 132 cm³/mol. The number of unbranched alkanes of at least 4 members (excludes halogenated alkanes) is 11. The maximum atomic E-state index is 10.3. The van der Waals surface area contributed by atoms with Crippen molar-refractivity contribution >= 4 is 17.9 Å². The SMILES string of the molecule is CCCCCCCC/C=C\CCCCCCCC(=O)O.N=C(N)NCCCC(N)C(=O)O. The fourth-order valence-electron chi connectivity index (χ4n) is 3.02. The minimum absolute atomic E-state index is 0.112. The number of hydrogen-bond acceptors (Lipinski definition) is 4. The Morgan fingerprint density at radius 1 is 0.875 bits per heavy atom. The Morgan fingerprint density at radius 2 is 1.38 bits per heavy atom. The molecule has 0 heterocycles. The highest BCUT2D eigenvalue weighted by molar-refractivity contribution is 5.74. The van der Waals surface area contributed by atoms with Crippen LogP contribution in [0, 0.1) is 5.41 Å². The van der Waals surface area contributed by atoms with Gasteiger partial charge in [-0.05, 0) is 44.9 Å². The summed E-state index contributed by atoms with van der Waals surface area (Å²) in [6.45, 7) is 2.74. The highest BCUT2D eigenvalue weighted by Gasteiger charge is 2.09. The number of nitrogens with two attached hydrogens (primary N) is 2. The van der Waals surface area contributed by atoms with E-state index in [0.717, 1.165) is 12.8 Å². The van der Waals surface area contributed by atoms with Crippen molar-refractivity contribution in [1.82, 2.24) is 5.32 Å². The monoisotopic (exact) mass is 456 g/mol. The van der Waals surface area contributed by atoms with Crippen molar-refractivity contribution in [3.05, 3.63) is 12.2 Å². The lowest BCUT2D eigenvalue weighted by molar-refractivity contribution is -0.139. The topological polar surface area (TPSA) is 163 Å². The molecule has 0 amide bonds. The van der Waals surface area contributed by atoms with E-state index in [0.29, 0.717) is 25.8 Å². The summed E-state index contributed by atoms with van der Waals surface area (Å²) in [5.74, 6) is -1.78. The highest BCUT2D eigenvalue weighted by Crippen LogP contribution is 2.09. The molecule has 0 aromatic rings. The Bertz CT molecular complexity index is 498. The maximum absolute atomic E-state index is 10.3. The van der Waals surface area contributed by atoms with Gasteiger partial charge in [0.2, 0.25) is 0 Å². The number of carboxylic acid groups (broad SMARTS) is 2. The van der Waals surface area contributed by atoms with Crippen LogP contribution >= 0.6 is 0 Å². The molecule has 0 saturated heterocycles. The van der Waals surface area contributed by atoms with Gasteiger partial charge in [0.15, 0.2) is 5.96 Å². The van der Waals surface area contributed by atoms with E-state index in [1.54, 1.807) is 0 Å². The quantitative estimate of drug-likeness (QED) is 0.0665. The third kappa shape index (κ3) is 30.1. The van der Waals surface area contributed by atoms with Crippen molar-refractivity contribution in [1.29, 1.82) is 5.41 Å². The van der Waals surface area contributed by atoms with Crippen LogP contribution in [-0.4, -0.2) is 40.7 Å². The fourth-order valence-corrected chi connectivity index (χ4v) is 3.02. The number of hydrogen-bond donors (Lipinski definition) is 6. The van der Waals surface area contributed by atoms with E-state index in [2.05, 4.69) is 24.4 Å². The first-order valence-electron chi connectivity index (χ1n) is 12.2. The predicted octanol–water partition coefficient (Wildman–Crippen LogP) is 4.77. The first-order valence-corrected chi connectivity index (χ1v) is 12.2. The van der Waals surface area contributed by atoms with Crippen LogP contribution in [0.4, 0.5) is 0 Å². The van der Waals surface area contributed by atoms with Crippen molar-refractivity contribution in [3.63, 3.8) is 0 Å². The van der Waals surface area contributed by atoms with Crippen molar-refractivity contribution in [2.75, 3.05) is 6.54 Å². The molecule has 0 aromatic heterocycles. The minimum atomic E-state index is -1.00. The van der Waals surface area contributed by atoms with E-state index in [4.69, 9.17) is 27.1 Å². The Morgan fingerprint density at radius 3 is 1.84 bits per heavy atom. The second kappa shape index (κ2) is 25.2. The summed E-state index contributed by atoms with van der Waals surface area (Å²) >= 11 is 0. The van der Waals surface area contributed by atoms with Crippen LogP contribution in [0.25, 0.3) is 0 Å². The normalized spacial score (nSPS) is 11.6. The molecular weight excluding hydrogens is 408 g/mol. The lowest BCUT2D eigenvalue weighted by atomic mass is 10.1. The standard InChI is InChI=1S/C18H34O2.C6H14N4O2/c1-2-3-4-5-6-7-8-9-10-11-12-13-14-15-16-17-18(19)20;7-4(5(11)12)2-1-3-10-6(8)9/h9-10H,2-8,11-17H2,1H3,(H,19,20);4H,1-3,7H2,(H,11,12)(H4,8,9,10)/b10-9-;. The molecule has 188 valence electrons. The molecule has 0 saturated carbocycles. The molecule has 1 atom stereocenters. The van der Waals surface area contributed by atoms with E-state index >= 15 is 0 Å². The van der Waals surface area contributed by atoms with E-state index in [1.807, 2.05) is 0 Å². The van der Waals surface area contributed by atoms with Crippen LogP contribution in [0.1, 0.15) is 110 Å². The molecule has 8 heteroatoms. The van der Waals surface area contributed by atoms with Gasteiger partial charge >= 0.3 is 11.9 Å². The van der Waals surface area contributed by atoms with Gasteiger partial charge in [0, 0.05) is 13.0 Å². The van der Waals surface area contributed by atoms with Gasteiger partial charge < -0.3 is 27.0 Å². The zero-order valence-corrected chi connectivity index (χ0v) is 20.1. The Kier molecular flexibility index (Phi) is 25.2. The number of guanidine groups is 1. The molecule has 32 heavy (non-hydrogen) atoms. The molecule has 0 rings (SSSR count). The second-order valence-electron chi connectivity index (χ2n) is 8.16. The largest absolute Gasteiger partial charge is 0.481 e. The number of carbonyl (C=O) groups is 2. The highest BCUT2D eigenvalue weighted by atomic mass is 16.4. The third-order valence-electron chi connectivity index (χ3n) is 4.98. The van der Waals surface area contributed by atoms with Crippen LogP contribution in [-0.2, 0) is 9.59 Å². The molecule has 0 aliphatic carbocycles. The summed E-state index contributed by atoms with van der Waals surface area (Å²) in [5, 5.41) is 26.2. The average molecular weight is 457 g/mol. The van der Waals surface area contributed by atoms with Gasteiger partial charge in [0.05, 0.1) is 0 Å². The second-order valence-corrected chi connectivity index (χ2v) is 8.16. The van der Waals surface area contributed by atoms with E-state index < -0.39 is 18.0 Å². The summed E-state index contributed by atoms with van der Waals surface area (Å²) in [6, 6.07) is -0.821. The Labute approximate surface area is 194 Å². The molecule has 8 N–H and O–H groups in total. The smallest absolute Gasteiger partial charge is 0.320 e. The van der Waals surface area contributed by atoms with Gasteiger partial charge in [-0.1, -0.05) is 70.4 Å². The molecule has 0 radical (unpaired) electrons. The summed E-state index contributed by atoms with van der Waals surface area (Å²) in [4.78, 5) is 20.5. The fraction of sp³-hybridized carbons (Fsp3) is 0.792. The number of aliphatic carboxylic acids is 2. The van der Waals surface area contributed by atoms with Crippen molar-refractivity contribution < 1.29 is 19.8 Å². The van der Waals surface area contributed by atoms with E-state index in [1.165, 1.54) is 70.6 Å². The third-order valence-corrected chi connectivity index (χ3v) is 4.98. The van der Waals surface area contributed by atoms with Crippen LogP contribution in [0.15, 0.2) is 12.2 Å². The minimum Gasteiger partial charge on any atom is -0.481 e. The molecule has 0 fully saturated rings. The van der Waals surface area contributed by atoms with Gasteiger partial charge in [-0.25, -0.2) is 0 Å². The van der Waals surface area contributed by atoms with Crippen LogP contribution in [0.2, 0.25) is 0 Å². The lowest BCUT2D eigenvalue weighted by Gasteiger charge is -2.06. The lowest BCUT2D eigenvalue weighted by Crippen LogP contribution is -2.34. The van der Waals surface area contributed by atoms with Crippen LogP contribution in [0.3, 0.4) is 0 Å². The zero-order chi connectivity index (χ0) is 24.5. The van der Waals surface area contributed by atoms with Gasteiger partial charge in [-0.3, -0.25) is 15.0 Å². The first kappa shape index (κ1) is 32.1. The van der Waals surface area contributed by atoms with E-state index in [9.17, 15) is 9.59 Å². The zero-order valence-electron chi connectivity index (χ0n) is 20.1. The molecule has 0 aliphatic rings. The van der Waals surface area contributed by atoms with E-state index in [-0.39, 0.29) is 5.96 Å². The molecule has 8 nitrogen and oxygen atoms in total. The van der Waals surface area contributed by atoms with Crippen molar-refractivity contribution in [2.45, 2.75) is 116 Å². The molecule has 1 unspecified atom stereocenters. The summed E-state index contributed by atoms with van der Waals surface area (Å²) in [7, 11) is 0. The number of carboxylic acids is 2. The first-order chi connectivity index (χ1) is 15.3. The van der Waals surface area contributed by atoms with Gasteiger partial charge in [-0.2, -0.15) is 0 Å². The maximum Gasteiger partial charge on any atom is 0.320 e. The van der Waals surface area contributed by atoms with Crippen LogP contribution in [0.5, 0.6) is 0 Å². The molecule has 0 aliphatic heterocycles. The van der Waals surface area contributed by atoms with Crippen molar-refractivity contribution in [3.8, 4) is 0 Å². The number of allylic oxidation sites excluding steroid dienone is 2. The van der Waals surface area contributed by atoms with Gasteiger partial charge in [-0.15, -0.1) is 0 Å². The summed E-state index contributed by atoms with van der Waals surface area (Å²) < 4.78 is 0. The van der Waals surface area contributed by atoms with Crippen LogP contribution < -0.4 is 16.8 Å². The molecular formula is C24H48N4O4. The molecule has 0 aromatic carbocycles.